The first-order chi connectivity index (χ1) is 8.34. The number of para-hydroxylation sites is 1. The minimum Gasteiger partial charge on any atom is -0.382 e. The van der Waals surface area contributed by atoms with Crippen molar-refractivity contribution in [1.82, 2.24) is 0 Å². The monoisotopic (exact) mass is 301 g/mol. The maximum atomic E-state index is 5.44. The van der Waals surface area contributed by atoms with Crippen molar-refractivity contribution in [1.29, 1.82) is 0 Å². The molecule has 0 aromatic heterocycles. The Labute approximate surface area is 112 Å². The lowest BCUT2D eigenvalue weighted by atomic mass is 10.3. The van der Waals surface area contributed by atoms with Gasteiger partial charge in [0, 0.05) is 23.3 Å². The average molecular weight is 302 g/mol. The third kappa shape index (κ3) is 6.66. The number of anilines is 1. The van der Waals surface area contributed by atoms with Gasteiger partial charge in [-0.25, -0.2) is 0 Å². The Morgan fingerprint density at radius 2 is 1.76 bits per heavy atom. The van der Waals surface area contributed by atoms with Crippen molar-refractivity contribution >= 4 is 21.6 Å². The molecule has 3 nitrogen and oxygen atoms in total. The van der Waals surface area contributed by atoms with Gasteiger partial charge in [-0.05, 0) is 34.5 Å². The van der Waals surface area contributed by atoms with Crippen LogP contribution < -0.4 is 5.32 Å². The highest BCUT2D eigenvalue weighted by Crippen LogP contribution is 2.20. The van der Waals surface area contributed by atoms with E-state index in [0.29, 0.717) is 19.8 Å². The Morgan fingerprint density at radius 3 is 2.47 bits per heavy atom. The van der Waals surface area contributed by atoms with E-state index in [1.165, 1.54) is 0 Å². The first kappa shape index (κ1) is 14.5. The minimum absolute atomic E-state index is 0.664. The van der Waals surface area contributed by atoms with E-state index < -0.39 is 0 Å². The van der Waals surface area contributed by atoms with Crippen molar-refractivity contribution in [3.05, 3.63) is 28.7 Å². The van der Waals surface area contributed by atoms with Crippen molar-refractivity contribution in [2.45, 2.75) is 13.3 Å². The van der Waals surface area contributed by atoms with Crippen LogP contribution in [-0.4, -0.2) is 33.0 Å². The number of halogens is 1. The van der Waals surface area contributed by atoms with Crippen LogP contribution in [0, 0.1) is 0 Å². The minimum atomic E-state index is 0.664. The zero-order valence-corrected chi connectivity index (χ0v) is 11.8. The van der Waals surface area contributed by atoms with Crippen molar-refractivity contribution < 1.29 is 9.47 Å². The van der Waals surface area contributed by atoms with Gasteiger partial charge in [0.1, 0.15) is 0 Å². The van der Waals surface area contributed by atoms with Gasteiger partial charge in [0.05, 0.1) is 19.8 Å². The van der Waals surface area contributed by atoms with Crippen LogP contribution in [-0.2, 0) is 9.47 Å². The first-order valence-corrected chi connectivity index (χ1v) is 6.77. The van der Waals surface area contributed by atoms with Gasteiger partial charge in [-0.1, -0.05) is 19.1 Å². The molecule has 0 bridgehead atoms. The second-order valence-electron chi connectivity index (χ2n) is 3.63. The molecule has 1 aromatic carbocycles. The van der Waals surface area contributed by atoms with Crippen molar-refractivity contribution in [2.24, 2.45) is 0 Å². The molecule has 0 aliphatic heterocycles. The lowest BCUT2D eigenvalue weighted by molar-refractivity contribution is 0.0519. The van der Waals surface area contributed by atoms with E-state index in [1.54, 1.807) is 0 Å². The fourth-order valence-electron chi connectivity index (χ4n) is 1.33. The average Bonchev–Trinajstić information content (AvgIpc) is 2.35. The number of hydrogen-bond acceptors (Lipinski definition) is 3. The zero-order valence-electron chi connectivity index (χ0n) is 10.2. The van der Waals surface area contributed by atoms with Gasteiger partial charge < -0.3 is 14.8 Å². The van der Waals surface area contributed by atoms with E-state index in [-0.39, 0.29) is 0 Å². The molecule has 0 fully saturated rings. The summed E-state index contributed by atoms with van der Waals surface area (Å²) >= 11 is 3.48. The second-order valence-corrected chi connectivity index (χ2v) is 4.49. The first-order valence-electron chi connectivity index (χ1n) is 5.98. The Hall–Kier alpha value is -0.580. The molecule has 0 atom stereocenters. The Kier molecular flexibility index (Phi) is 8.05. The number of ether oxygens (including phenoxy) is 2. The molecule has 0 radical (unpaired) electrons. The maximum absolute atomic E-state index is 5.44. The van der Waals surface area contributed by atoms with E-state index >= 15 is 0 Å². The number of benzene rings is 1. The van der Waals surface area contributed by atoms with Crippen LogP contribution in [0.25, 0.3) is 0 Å². The molecule has 1 N–H and O–H groups in total. The third-order valence-corrected chi connectivity index (χ3v) is 2.85. The second kappa shape index (κ2) is 9.45. The quantitative estimate of drug-likeness (QED) is 0.710. The van der Waals surface area contributed by atoms with Gasteiger partial charge in [0.2, 0.25) is 0 Å². The zero-order chi connectivity index (χ0) is 12.3. The number of hydrogen-bond donors (Lipinski definition) is 1. The van der Waals surface area contributed by atoms with Gasteiger partial charge in [0.15, 0.2) is 0 Å². The predicted molar refractivity (Wildman–Crippen MR) is 74.6 cm³/mol. The highest BCUT2D eigenvalue weighted by atomic mass is 79.9. The Morgan fingerprint density at radius 1 is 1.06 bits per heavy atom. The summed E-state index contributed by atoms with van der Waals surface area (Å²) in [7, 11) is 0. The molecule has 1 rings (SSSR count). The molecule has 1 aromatic rings. The molecule has 0 saturated carbocycles. The summed E-state index contributed by atoms with van der Waals surface area (Å²) in [5, 5.41) is 3.30. The van der Waals surface area contributed by atoms with E-state index in [1.807, 2.05) is 24.3 Å². The molecule has 4 heteroatoms. The molecular weight excluding hydrogens is 282 g/mol. The maximum Gasteiger partial charge on any atom is 0.0701 e. The predicted octanol–water partition coefficient (Wildman–Crippen LogP) is 3.30. The molecule has 0 aliphatic rings. The van der Waals surface area contributed by atoms with Gasteiger partial charge in [-0.2, -0.15) is 0 Å². The topological polar surface area (TPSA) is 30.5 Å². The summed E-state index contributed by atoms with van der Waals surface area (Å²) in [6, 6.07) is 8.06. The molecule has 0 unspecified atom stereocenters. The fraction of sp³-hybridized carbons (Fsp3) is 0.538. The summed E-state index contributed by atoms with van der Waals surface area (Å²) in [4.78, 5) is 0. The summed E-state index contributed by atoms with van der Waals surface area (Å²) in [6.07, 6.45) is 1.06. The normalized spacial score (nSPS) is 10.5. The molecular formula is C13H20BrNO2. The van der Waals surface area contributed by atoms with Crippen LogP contribution in [0.2, 0.25) is 0 Å². The van der Waals surface area contributed by atoms with Gasteiger partial charge in [0.25, 0.3) is 0 Å². The standard InChI is InChI=1S/C13H20BrNO2/c1-2-8-16-10-11-17-9-7-15-13-6-4-3-5-12(13)14/h3-6,15H,2,7-11H2,1H3. The Balaban J connectivity index is 1.99. The van der Waals surface area contributed by atoms with Gasteiger partial charge >= 0.3 is 0 Å². The largest absolute Gasteiger partial charge is 0.382 e. The molecule has 0 heterocycles. The highest BCUT2D eigenvalue weighted by molar-refractivity contribution is 9.10. The van der Waals surface area contributed by atoms with Crippen LogP contribution in [0.1, 0.15) is 13.3 Å². The SMILES string of the molecule is CCCOCCOCCNc1ccccc1Br. The summed E-state index contributed by atoms with van der Waals surface area (Å²) in [6.45, 7) is 5.76. The van der Waals surface area contributed by atoms with Gasteiger partial charge in [-0.15, -0.1) is 0 Å². The molecule has 0 aliphatic carbocycles. The van der Waals surface area contributed by atoms with Crippen LogP contribution >= 0.6 is 15.9 Å². The van der Waals surface area contributed by atoms with Gasteiger partial charge in [-0.3, -0.25) is 0 Å². The molecule has 0 saturated heterocycles. The summed E-state index contributed by atoms with van der Waals surface area (Å²) in [5.41, 5.74) is 1.10. The number of nitrogens with one attached hydrogen (secondary N) is 1. The third-order valence-electron chi connectivity index (χ3n) is 2.16. The molecule has 0 amide bonds. The van der Waals surface area contributed by atoms with Crippen molar-refractivity contribution in [3.63, 3.8) is 0 Å². The van der Waals surface area contributed by atoms with Crippen LogP contribution in [0.5, 0.6) is 0 Å². The van der Waals surface area contributed by atoms with E-state index in [9.17, 15) is 0 Å². The highest BCUT2D eigenvalue weighted by Gasteiger charge is 1.96. The van der Waals surface area contributed by atoms with E-state index in [4.69, 9.17) is 9.47 Å². The number of rotatable bonds is 9. The fourth-order valence-corrected chi connectivity index (χ4v) is 1.75. The lowest BCUT2D eigenvalue weighted by Crippen LogP contribution is -2.12. The van der Waals surface area contributed by atoms with Crippen molar-refractivity contribution in [3.8, 4) is 0 Å². The smallest absolute Gasteiger partial charge is 0.0701 e. The van der Waals surface area contributed by atoms with Crippen molar-refractivity contribution in [2.75, 3.05) is 38.3 Å². The van der Waals surface area contributed by atoms with E-state index in [2.05, 4.69) is 28.2 Å². The van der Waals surface area contributed by atoms with E-state index in [0.717, 1.165) is 29.7 Å². The van der Waals surface area contributed by atoms with Crippen LogP contribution in [0.4, 0.5) is 5.69 Å². The van der Waals surface area contributed by atoms with Crippen LogP contribution in [0.15, 0.2) is 28.7 Å². The molecule has 96 valence electrons. The molecule has 17 heavy (non-hydrogen) atoms. The lowest BCUT2D eigenvalue weighted by Gasteiger charge is -2.09. The Bertz CT molecular complexity index is 307. The molecule has 0 spiro atoms. The summed E-state index contributed by atoms with van der Waals surface area (Å²) in [5.74, 6) is 0. The van der Waals surface area contributed by atoms with Crippen LogP contribution in [0.3, 0.4) is 0 Å². The summed E-state index contributed by atoms with van der Waals surface area (Å²) < 4.78 is 11.8.